The van der Waals surface area contributed by atoms with Gasteiger partial charge in [-0.3, -0.25) is 0 Å². The van der Waals surface area contributed by atoms with Crippen LogP contribution in [0, 0.1) is 12.7 Å². The largest absolute Gasteiger partial charge is 0.369 e. The summed E-state index contributed by atoms with van der Waals surface area (Å²) >= 11 is 0. The summed E-state index contributed by atoms with van der Waals surface area (Å²) < 4.78 is 13.1. The number of anilines is 3. The molecule has 0 aliphatic carbocycles. The number of halogens is 1. The first-order valence-electron chi connectivity index (χ1n) is 9.01. The zero-order chi connectivity index (χ0) is 18.5. The van der Waals surface area contributed by atoms with E-state index in [0.717, 1.165) is 62.4 Å². The molecule has 1 aliphatic rings. The molecule has 1 saturated heterocycles. The fourth-order valence-electron chi connectivity index (χ4n) is 3.06. The molecule has 0 radical (unpaired) electrons. The van der Waals surface area contributed by atoms with E-state index in [1.807, 2.05) is 25.1 Å². The molecule has 0 saturated carbocycles. The minimum absolute atomic E-state index is 0.196. The number of likely N-dealkylation sites (N-methyl/N-ethyl adjacent to an activating group) is 1. The Balaban J connectivity index is 1.61. The topological polar surface area (TPSA) is 47.5 Å². The Bertz CT molecular complexity index is 710. The molecule has 0 amide bonds. The molecule has 1 aromatic carbocycles. The second-order valence-corrected chi connectivity index (χ2v) is 6.84. The van der Waals surface area contributed by atoms with Gasteiger partial charge in [-0.2, -0.15) is 0 Å². The SMILES string of the molecule is Cc1nc(NCCN(C)C)cc(N2CCN(c3ccc(F)cc3)CC2)n1. The molecule has 3 rings (SSSR count). The van der Waals surface area contributed by atoms with E-state index in [1.54, 1.807) is 0 Å². The van der Waals surface area contributed by atoms with Gasteiger partial charge in [0.2, 0.25) is 0 Å². The Kier molecular flexibility index (Phi) is 5.88. The third-order valence-corrected chi connectivity index (χ3v) is 4.49. The van der Waals surface area contributed by atoms with E-state index >= 15 is 0 Å². The van der Waals surface area contributed by atoms with Gasteiger partial charge in [0.1, 0.15) is 23.3 Å². The summed E-state index contributed by atoms with van der Waals surface area (Å²) in [6.07, 6.45) is 0. The zero-order valence-electron chi connectivity index (χ0n) is 15.7. The van der Waals surface area contributed by atoms with Crippen molar-refractivity contribution in [2.45, 2.75) is 6.92 Å². The van der Waals surface area contributed by atoms with Gasteiger partial charge in [0.05, 0.1) is 0 Å². The number of nitrogens with zero attached hydrogens (tertiary/aromatic N) is 5. The number of hydrogen-bond acceptors (Lipinski definition) is 6. The summed E-state index contributed by atoms with van der Waals surface area (Å²) in [4.78, 5) is 15.8. The summed E-state index contributed by atoms with van der Waals surface area (Å²) in [5.41, 5.74) is 1.07. The number of hydrogen-bond donors (Lipinski definition) is 1. The van der Waals surface area contributed by atoms with Crippen molar-refractivity contribution in [1.82, 2.24) is 14.9 Å². The van der Waals surface area contributed by atoms with Gasteiger partial charge < -0.3 is 20.0 Å². The third kappa shape index (κ3) is 4.82. The van der Waals surface area contributed by atoms with E-state index in [-0.39, 0.29) is 5.82 Å². The van der Waals surface area contributed by atoms with Gasteiger partial charge in [-0.25, -0.2) is 14.4 Å². The molecular weight excluding hydrogens is 331 g/mol. The summed E-state index contributed by atoms with van der Waals surface area (Å²) in [5.74, 6) is 2.41. The zero-order valence-corrected chi connectivity index (χ0v) is 15.7. The monoisotopic (exact) mass is 358 g/mol. The Morgan fingerprint density at radius 2 is 1.69 bits per heavy atom. The number of aryl methyl sites for hydroxylation is 1. The van der Waals surface area contributed by atoms with Crippen molar-refractivity contribution < 1.29 is 4.39 Å². The van der Waals surface area contributed by atoms with Crippen molar-refractivity contribution in [3.05, 3.63) is 42.0 Å². The van der Waals surface area contributed by atoms with Crippen LogP contribution in [0.5, 0.6) is 0 Å². The second kappa shape index (κ2) is 8.31. The van der Waals surface area contributed by atoms with Crippen LogP contribution in [0.2, 0.25) is 0 Å². The molecule has 26 heavy (non-hydrogen) atoms. The van der Waals surface area contributed by atoms with E-state index < -0.39 is 0 Å². The number of rotatable bonds is 6. The molecule has 0 bridgehead atoms. The number of benzene rings is 1. The molecule has 1 aliphatic heterocycles. The highest BCUT2D eigenvalue weighted by Crippen LogP contribution is 2.21. The van der Waals surface area contributed by atoms with Crippen molar-refractivity contribution in [3.8, 4) is 0 Å². The number of aromatic nitrogens is 2. The van der Waals surface area contributed by atoms with Crippen molar-refractivity contribution in [1.29, 1.82) is 0 Å². The maximum Gasteiger partial charge on any atom is 0.134 e. The van der Waals surface area contributed by atoms with E-state index in [0.29, 0.717) is 0 Å². The van der Waals surface area contributed by atoms with Crippen LogP contribution in [0.25, 0.3) is 0 Å². The van der Waals surface area contributed by atoms with Crippen LogP contribution in [0.15, 0.2) is 30.3 Å². The van der Waals surface area contributed by atoms with Crippen molar-refractivity contribution in [2.24, 2.45) is 0 Å². The van der Waals surface area contributed by atoms with E-state index in [4.69, 9.17) is 0 Å². The van der Waals surface area contributed by atoms with Crippen LogP contribution in [-0.4, -0.2) is 68.2 Å². The molecule has 2 heterocycles. The van der Waals surface area contributed by atoms with Crippen molar-refractivity contribution in [3.63, 3.8) is 0 Å². The predicted molar refractivity (Wildman–Crippen MR) is 105 cm³/mol. The highest BCUT2D eigenvalue weighted by molar-refractivity contribution is 5.52. The van der Waals surface area contributed by atoms with Crippen LogP contribution in [-0.2, 0) is 0 Å². The average molecular weight is 358 g/mol. The van der Waals surface area contributed by atoms with Gasteiger partial charge in [0.25, 0.3) is 0 Å². The van der Waals surface area contributed by atoms with Gasteiger partial charge in [-0.15, -0.1) is 0 Å². The lowest BCUT2D eigenvalue weighted by atomic mass is 10.2. The van der Waals surface area contributed by atoms with Crippen LogP contribution in [0.4, 0.5) is 21.7 Å². The highest BCUT2D eigenvalue weighted by atomic mass is 19.1. The van der Waals surface area contributed by atoms with Gasteiger partial charge in [-0.05, 0) is 45.3 Å². The lowest BCUT2D eigenvalue weighted by Gasteiger charge is -2.36. The van der Waals surface area contributed by atoms with Crippen molar-refractivity contribution >= 4 is 17.3 Å². The fourth-order valence-corrected chi connectivity index (χ4v) is 3.06. The summed E-state index contributed by atoms with van der Waals surface area (Å²) in [6.45, 7) is 7.26. The first-order valence-corrected chi connectivity index (χ1v) is 9.01. The molecule has 0 unspecified atom stereocenters. The predicted octanol–water partition coefficient (Wildman–Crippen LogP) is 2.22. The fraction of sp³-hybridized carbons (Fsp3) is 0.474. The molecule has 1 N–H and O–H groups in total. The summed E-state index contributed by atoms with van der Waals surface area (Å²) in [5, 5.41) is 3.37. The standard InChI is InChI=1S/C19H27FN6/c1-15-22-18(21-8-9-24(2)3)14-19(23-15)26-12-10-25(11-13-26)17-6-4-16(20)5-7-17/h4-7,14H,8-13H2,1-3H3,(H,21,22,23). The lowest BCUT2D eigenvalue weighted by molar-refractivity contribution is 0.425. The smallest absolute Gasteiger partial charge is 0.134 e. The Morgan fingerprint density at radius 3 is 2.35 bits per heavy atom. The quantitative estimate of drug-likeness (QED) is 0.855. The van der Waals surface area contributed by atoms with Crippen molar-refractivity contribution in [2.75, 3.05) is 68.5 Å². The third-order valence-electron chi connectivity index (χ3n) is 4.49. The molecule has 6 nitrogen and oxygen atoms in total. The van der Waals surface area contributed by atoms with Crippen LogP contribution in [0.3, 0.4) is 0 Å². The maximum absolute atomic E-state index is 13.1. The molecule has 2 aromatic rings. The highest BCUT2D eigenvalue weighted by Gasteiger charge is 2.19. The Labute approximate surface area is 154 Å². The lowest BCUT2D eigenvalue weighted by Crippen LogP contribution is -2.47. The van der Waals surface area contributed by atoms with Crippen LogP contribution >= 0.6 is 0 Å². The molecule has 0 spiro atoms. The first-order chi connectivity index (χ1) is 12.5. The maximum atomic E-state index is 13.1. The minimum atomic E-state index is -0.196. The molecule has 0 atom stereocenters. The van der Waals surface area contributed by atoms with E-state index in [9.17, 15) is 4.39 Å². The minimum Gasteiger partial charge on any atom is -0.369 e. The number of nitrogens with one attached hydrogen (secondary N) is 1. The van der Waals surface area contributed by atoms with Crippen LogP contribution in [0.1, 0.15) is 5.82 Å². The van der Waals surface area contributed by atoms with Crippen LogP contribution < -0.4 is 15.1 Å². The first kappa shape index (κ1) is 18.4. The Morgan fingerprint density at radius 1 is 1.04 bits per heavy atom. The molecule has 1 aromatic heterocycles. The normalized spacial score (nSPS) is 14.8. The molecule has 140 valence electrons. The molecular formula is C19H27FN6. The molecule has 1 fully saturated rings. The van der Waals surface area contributed by atoms with Gasteiger partial charge in [-0.1, -0.05) is 0 Å². The molecule has 7 heteroatoms. The van der Waals surface area contributed by atoms with E-state index in [1.165, 1.54) is 12.1 Å². The van der Waals surface area contributed by atoms with Gasteiger partial charge in [0.15, 0.2) is 0 Å². The average Bonchev–Trinajstić information content (AvgIpc) is 2.62. The summed E-state index contributed by atoms with van der Waals surface area (Å²) in [6, 6.07) is 8.73. The van der Waals surface area contributed by atoms with Gasteiger partial charge in [0, 0.05) is 51.0 Å². The van der Waals surface area contributed by atoms with E-state index in [2.05, 4.69) is 44.1 Å². The number of piperazine rings is 1. The van der Waals surface area contributed by atoms with Gasteiger partial charge >= 0.3 is 0 Å². The Hall–Kier alpha value is -2.41. The summed E-state index contributed by atoms with van der Waals surface area (Å²) in [7, 11) is 4.11. The second-order valence-electron chi connectivity index (χ2n) is 6.84.